The van der Waals surface area contributed by atoms with Gasteiger partial charge in [0.15, 0.2) is 0 Å². The highest BCUT2D eigenvalue weighted by molar-refractivity contribution is 5.97. The summed E-state index contributed by atoms with van der Waals surface area (Å²) in [5.41, 5.74) is 6.88. The molecule has 0 atom stereocenters. The molecule has 2 N–H and O–H groups in total. The summed E-state index contributed by atoms with van der Waals surface area (Å²) < 4.78 is 5.23. The van der Waals surface area contributed by atoms with E-state index in [9.17, 15) is 4.79 Å². The van der Waals surface area contributed by atoms with Crippen molar-refractivity contribution in [1.82, 2.24) is 4.90 Å². The van der Waals surface area contributed by atoms with Gasteiger partial charge < -0.3 is 15.4 Å². The van der Waals surface area contributed by atoms with E-state index in [0.717, 1.165) is 12.8 Å². The zero-order valence-electron chi connectivity index (χ0n) is 11.0. The molecule has 0 spiro atoms. The average Bonchev–Trinajstić information content (AvgIpc) is 2.90. The summed E-state index contributed by atoms with van der Waals surface area (Å²) in [7, 11) is 3.43. The highest BCUT2D eigenvalue weighted by Gasteiger charge is 2.25. The molecule has 0 radical (unpaired) electrons. The van der Waals surface area contributed by atoms with Crippen LogP contribution in [0.25, 0.3) is 0 Å². The smallest absolute Gasteiger partial charge is 0.257 e. The summed E-state index contributed by atoms with van der Waals surface area (Å²) in [5.74, 6) is 0.559. The van der Waals surface area contributed by atoms with Crippen LogP contribution >= 0.6 is 0 Å². The summed E-state index contributed by atoms with van der Waals surface area (Å²) in [5, 5.41) is 0. The molecule has 1 aromatic rings. The second kappa shape index (κ2) is 5.29. The number of amides is 1. The van der Waals surface area contributed by atoms with E-state index in [1.807, 2.05) is 11.9 Å². The average molecular weight is 248 g/mol. The van der Waals surface area contributed by atoms with Gasteiger partial charge in [0.1, 0.15) is 5.75 Å². The maximum absolute atomic E-state index is 12.4. The zero-order valence-corrected chi connectivity index (χ0v) is 11.0. The molecule has 1 fully saturated rings. The third-order valence-corrected chi connectivity index (χ3v) is 3.65. The van der Waals surface area contributed by atoms with Crippen molar-refractivity contribution in [2.24, 2.45) is 0 Å². The molecular weight excluding hydrogens is 228 g/mol. The predicted octanol–water partition coefficient (Wildman–Crippen LogP) is 2.29. The predicted molar refractivity (Wildman–Crippen MR) is 71.8 cm³/mol. The van der Waals surface area contributed by atoms with Gasteiger partial charge in [-0.25, -0.2) is 0 Å². The number of nitrogens with two attached hydrogens (primary N) is 1. The summed E-state index contributed by atoms with van der Waals surface area (Å²) in [6.07, 6.45) is 4.61. The number of ether oxygens (including phenoxy) is 1. The van der Waals surface area contributed by atoms with E-state index >= 15 is 0 Å². The number of anilines is 1. The second-order valence-corrected chi connectivity index (χ2v) is 4.81. The lowest BCUT2D eigenvalue weighted by Gasteiger charge is -2.25. The lowest BCUT2D eigenvalue weighted by Crippen LogP contribution is -2.35. The molecule has 0 saturated heterocycles. The summed E-state index contributed by atoms with van der Waals surface area (Å²) in [4.78, 5) is 14.3. The van der Waals surface area contributed by atoms with Crippen LogP contribution in [0.15, 0.2) is 18.2 Å². The van der Waals surface area contributed by atoms with Crippen molar-refractivity contribution < 1.29 is 9.53 Å². The normalized spacial score (nSPS) is 15.7. The maximum atomic E-state index is 12.4. The minimum absolute atomic E-state index is 0.0127. The quantitative estimate of drug-likeness (QED) is 0.835. The first-order chi connectivity index (χ1) is 8.63. The Kier molecular flexibility index (Phi) is 3.75. The minimum Gasteiger partial charge on any atom is -0.496 e. The number of hydrogen-bond donors (Lipinski definition) is 1. The van der Waals surface area contributed by atoms with Crippen LogP contribution in [-0.2, 0) is 0 Å². The number of carbonyl (C=O) groups is 1. The summed E-state index contributed by atoms with van der Waals surface area (Å²) in [6, 6.07) is 5.52. The number of hydrogen-bond acceptors (Lipinski definition) is 3. The van der Waals surface area contributed by atoms with Gasteiger partial charge in [0.2, 0.25) is 0 Å². The van der Waals surface area contributed by atoms with Gasteiger partial charge in [-0.05, 0) is 25.0 Å². The largest absolute Gasteiger partial charge is 0.496 e. The van der Waals surface area contributed by atoms with Gasteiger partial charge in [-0.2, -0.15) is 0 Å². The van der Waals surface area contributed by atoms with Crippen LogP contribution in [0.3, 0.4) is 0 Å². The van der Waals surface area contributed by atoms with Crippen molar-refractivity contribution in [3.05, 3.63) is 23.8 Å². The van der Waals surface area contributed by atoms with Crippen LogP contribution in [-0.4, -0.2) is 31.0 Å². The van der Waals surface area contributed by atoms with Crippen LogP contribution in [0, 0.1) is 0 Å². The highest BCUT2D eigenvalue weighted by Crippen LogP contribution is 2.27. The Morgan fingerprint density at radius 2 is 2.06 bits per heavy atom. The lowest BCUT2D eigenvalue weighted by molar-refractivity contribution is 0.0732. The van der Waals surface area contributed by atoms with Crippen LogP contribution in [0.2, 0.25) is 0 Å². The van der Waals surface area contributed by atoms with E-state index in [1.54, 1.807) is 25.3 Å². The van der Waals surface area contributed by atoms with Crippen molar-refractivity contribution in [3.63, 3.8) is 0 Å². The Balaban J connectivity index is 2.22. The molecule has 18 heavy (non-hydrogen) atoms. The number of nitrogens with zero attached hydrogens (tertiary/aromatic N) is 1. The van der Waals surface area contributed by atoms with Crippen LogP contribution < -0.4 is 10.5 Å². The zero-order chi connectivity index (χ0) is 13.1. The number of carbonyl (C=O) groups excluding carboxylic acids is 1. The van der Waals surface area contributed by atoms with Crippen molar-refractivity contribution in [2.45, 2.75) is 31.7 Å². The fourth-order valence-corrected chi connectivity index (χ4v) is 2.53. The number of rotatable bonds is 3. The molecule has 0 bridgehead atoms. The molecular formula is C14H20N2O2. The van der Waals surface area contributed by atoms with E-state index in [4.69, 9.17) is 10.5 Å². The molecule has 4 heteroatoms. The molecule has 0 unspecified atom stereocenters. The van der Waals surface area contributed by atoms with E-state index in [0.29, 0.717) is 23.0 Å². The molecule has 0 aromatic heterocycles. The molecule has 98 valence electrons. The molecule has 4 nitrogen and oxygen atoms in total. The SMILES string of the molecule is COc1cc(N)ccc1C(=O)N(C)C1CCCC1. The second-order valence-electron chi connectivity index (χ2n) is 4.81. The van der Waals surface area contributed by atoms with Gasteiger partial charge in [0.05, 0.1) is 12.7 Å². The molecule has 1 aliphatic carbocycles. The Morgan fingerprint density at radius 3 is 2.67 bits per heavy atom. The van der Waals surface area contributed by atoms with Crippen LogP contribution in [0.1, 0.15) is 36.0 Å². The van der Waals surface area contributed by atoms with E-state index in [-0.39, 0.29) is 5.91 Å². The van der Waals surface area contributed by atoms with Gasteiger partial charge >= 0.3 is 0 Å². The fourth-order valence-electron chi connectivity index (χ4n) is 2.53. The molecule has 1 amide bonds. The standard InChI is InChI=1S/C14H20N2O2/c1-16(11-5-3-4-6-11)14(17)12-8-7-10(15)9-13(12)18-2/h7-9,11H,3-6,15H2,1-2H3. The molecule has 0 aliphatic heterocycles. The van der Waals surface area contributed by atoms with Crippen molar-refractivity contribution in [3.8, 4) is 5.75 Å². The number of methoxy groups -OCH3 is 1. The first-order valence-corrected chi connectivity index (χ1v) is 6.34. The van der Waals surface area contributed by atoms with Gasteiger partial charge in [0, 0.05) is 24.8 Å². The summed E-state index contributed by atoms with van der Waals surface area (Å²) >= 11 is 0. The first-order valence-electron chi connectivity index (χ1n) is 6.34. The van der Waals surface area contributed by atoms with Crippen molar-refractivity contribution >= 4 is 11.6 Å². The van der Waals surface area contributed by atoms with Crippen molar-refractivity contribution in [2.75, 3.05) is 19.9 Å². The Bertz CT molecular complexity index is 439. The number of benzene rings is 1. The molecule has 1 aliphatic rings. The minimum atomic E-state index is 0.0127. The van der Waals surface area contributed by atoms with Crippen LogP contribution in [0.5, 0.6) is 5.75 Å². The van der Waals surface area contributed by atoms with Crippen molar-refractivity contribution in [1.29, 1.82) is 0 Å². The Labute approximate surface area is 108 Å². The molecule has 1 saturated carbocycles. The molecule has 2 rings (SSSR count). The molecule has 0 heterocycles. The number of nitrogen functional groups attached to an aromatic ring is 1. The Hall–Kier alpha value is -1.71. The fraction of sp³-hybridized carbons (Fsp3) is 0.500. The summed E-state index contributed by atoms with van der Waals surface area (Å²) in [6.45, 7) is 0. The van der Waals surface area contributed by atoms with Gasteiger partial charge in [-0.15, -0.1) is 0 Å². The lowest BCUT2D eigenvalue weighted by atomic mass is 10.1. The van der Waals surface area contributed by atoms with Crippen LogP contribution in [0.4, 0.5) is 5.69 Å². The molecule has 1 aromatic carbocycles. The third kappa shape index (κ3) is 2.42. The first kappa shape index (κ1) is 12.7. The van der Waals surface area contributed by atoms with Gasteiger partial charge in [0.25, 0.3) is 5.91 Å². The topological polar surface area (TPSA) is 55.6 Å². The van der Waals surface area contributed by atoms with Gasteiger partial charge in [-0.3, -0.25) is 4.79 Å². The van der Waals surface area contributed by atoms with E-state index in [2.05, 4.69) is 0 Å². The monoisotopic (exact) mass is 248 g/mol. The van der Waals surface area contributed by atoms with E-state index < -0.39 is 0 Å². The highest BCUT2D eigenvalue weighted by atomic mass is 16.5. The maximum Gasteiger partial charge on any atom is 0.257 e. The van der Waals surface area contributed by atoms with Gasteiger partial charge in [-0.1, -0.05) is 12.8 Å². The third-order valence-electron chi connectivity index (χ3n) is 3.65. The Morgan fingerprint density at radius 1 is 1.39 bits per heavy atom. The van der Waals surface area contributed by atoms with E-state index in [1.165, 1.54) is 12.8 Å².